The van der Waals surface area contributed by atoms with Crippen LogP contribution in [0.5, 0.6) is 0 Å². The number of fused-ring (bicyclic) bond motifs is 1. The molecule has 0 N–H and O–H groups in total. The van der Waals surface area contributed by atoms with Crippen molar-refractivity contribution in [2.75, 3.05) is 11.9 Å². The fourth-order valence-corrected chi connectivity index (χ4v) is 3.04. The van der Waals surface area contributed by atoms with Crippen molar-refractivity contribution in [2.24, 2.45) is 0 Å². The molecular weight excluding hydrogens is 330 g/mol. The van der Waals surface area contributed by atoms with Crippen LogP contribution in [0.4, 0.5) is 5.69 Å². The predicted molar refractivity (Wildman–Crippen MR) is 96.2 cm³/mol. The normalized spacial score (nSPS) is 14.7. The van der Waals surface area contributed by atoms with Gasteiger partial charge in [0.1, 0.15) is 11.5 Å². The number of likely N-dealkylation sites (N-methyl/N-ethyl adjacent to an activating group) is 1. The Labute approximate surface area is 149 Å². The average molecular weight is 344 g/mol. The van der Waals surface area contributed by atoms with Gasteiger partial charge in [0.05, 0.1) is 17.2 Å². The number of carbonyl (C=O) groups is 2. The number of carboxylic acids is 1. The van der Waals surface area contributed by atoms with Gasteiger partial charge in [0, 0.05) is 18.2 Å². The maximum Gasteiger partial charge on any atom is 0.258 e. The summed E-state index contributed by atoms with van der Waals surface area (Å²) in [5.74, 6) is -0.155. The number of hydrogen-bond donors (Lipinski definition) is 0. The minimum atomic E-state index is -1.22. The van der Waals surface area contributed by atoms with Gasteiger partial charge in [-0.1, -0.05) is 42.5 Å². The molecule has 1 aliphatic heterocycles. The Morgan fingerprint density at radius 1 is 1.04 bits per heavy atom. The van der Waals surface area contributed by atoms with Gasteiger partial charge in [-0.25, -0.2) is 0 Å². The first-order chi connectivity index (χ1) is 12.5. The molecule has 4 rings (SSSR count). The van der Waals surface area contributed by atoms with E-state index in [0.29, 0.717) is 17.1 Å². The summed E-state index contributed by atoms with van der Waals surface area (Å²) >= 11 is 0. The molecule has 0 radical (unpaired) electrons. The zero-order valence-electron chi connectivity index (χ0n) is 13.9. The number of nitrogens with zero attached hydrogens (tertiary/aromatic N) is 1. The number of aromatic carboxylic acids is 1. The number of anilines is 1. The number of carbonyl (C=O) groups excluding carboxylic acids is 2. The lowest BCUT2D eigenvalue weighted by Gasteiger charge is -2.07. The van der Waals surface area contributed by atoms with E-state index in [4.69, 9.17) is 4.42 Å². The summed E-state index contributed by atoms with van der Waals surface area (Å²) in [6.07, 6.45) is 1.73. The van der Waals surface area contributed by atoms with Gasteiger partial charge in [-0.3, -0.25) is 4.79 Å². The average Bonchev–Trinajstić information content (AvgIpc) is 3.22. The van der Waals surface area contributed by atoms with Crippen LogP contribution in [0.15, 0.2) is 65.1 Å². The standard InChI is InChI=1S/C21H15NO4/c1-22-18-5-3-2-4-16(18)17(20(22)23)12-15-10-11-19(26-15)13-6-8-14(9-7-13)21(24)25/h2-12H,1H3,(H,24,25)/p-1. The van der Waals surface area contributed by atoms with Gasteiger partial charge >= 0.3 is 0 Å². The van der Waals surface area contributed by atoms with E-state index in [2.05, 4.69) is 0 Å². The first-order valence-electron chi connectivity index (χ1n) is 8.05. The second-order valence-corrected chi connectivity index (χ2v) is 6.01. The van der Waals surface area contributed by atoms with E-state index in [0.717, 1.165) is 16.8 Å². The Kier molecular flexibility index (Phi) is 3.69. The predicted octanol–water partition coefficient (Wildman–Crippen LogP) is 2.83. The molecule has 5 nitrogen and oxygen atoms in total. The molecule has 0 atom stereocenters. The topological polar surface area (TPSA) is 73.6 Å². The van der Waals surface area contributed by atoms with Crippen molar-refractivity contribution in [2.45, 2.75) is 0 Å². The van der Waals surface area contributed by atoms with Crippen LogP contribution in [0.25, 0.3) is 23.0 Å². The third kappa shape index (κ3) is 2.59. The van der Waals surface area contributed by atoms with Crippen LogP contribution in [0.2, 0.25) is 0 Å². The Morgan fingerprint density at radius 2 is 1.77 bits per heavy atom. The maximum atomic E-state index is 12.5. The first-order valence-corrected chi connectivity index (χ1v) is 8.05. The smallest absolute Gasteiger partial charge is 0.258 e. The van der Waals surface area contributed by atoms with Crippen molar-refractivity contribution >= 4 is 29.2 Å². The number of para-hydroxylation sites is 1. The van der Waals surface area contributed by atoms with Crippen LogP contribution in [-0.4, -0.2) is 18.9 Å². The third-order valence-corrected chi connectivity index (χ3v) is 4.41. The summed E-state index contributed by atoms with van der Waals surface area (Å²) in [7, 11) is 1.74. The zero-order chi connectivity index (χ0) is 18.3. The lowest BCUT2D eigenvalue weighted by molar-refractivity contribution is -0.255. The monoisotopic (exact) mass is 344 g/mol. The van der Waals surface area contributed by atoms with Gasteiger partial charge < -0.3 is 19.2 Å². The van der Waals surface area contributed by atoms with Crippen molar-refractivity contribution < 1.29 is 19.1 Å². The van der Waals surface area contributed by atoms with Crippen molar-refractivity contribution in [3.05, 3.63) is 77.6 Å². The molecule has 0 spiro atoms. The minimum absolute atomic E-state index is 0.0811. The van der Waals surface area contributed by atoms with Crippen LogP contribution >= 0.6 is 0 Å². The van der Waals surface area contributed by atoms with E-state index in [9.17, 15) is 14.7 Å². The molecule has 2 aromatic carbocycles. The minimum Gasteiger partial charge on any atom is -0.545 e. The summed E-state index contributed by atoms with van der Waals surface area (Å²) in [4.78, 5) is 24.9. The quantitative estimate of drug-likeness (QED) is 0.685. The number of rotatable bonds is 3. The molecule has 0 saturated heterocycles. The van der Waals surface area contributed by atoms with Crippen LogP contribution < -0.4 is 10.0 Å². The van der Waals surface area contributed by atoms with Crippen molar-refractivity contribution in [1.29, 1.82) is 0 Å². The molecular formula is C21H14NO4-. The molecule has 0 fully saturated rings. The van der Waals surface area contributed by atoms with E-state index in [1.807, 2.05) is 24.3 Å². The Morgan fingerprint density at radius 3 is 2.50 bits per heavy atom. The third-order valence-electron chi connectivity index (χ3n) is 4.41. The number of benzene rings is 2. The molecule has 128 valence electrons. The highest BCUT2D eigenvalue weighted by molar-refractivity contribution is 6.35. The van der Waals surface area contributed by atoms with Gasteiger partial charge in [0.25, 0.3) is 5.91 Å². The highest BCUT2D eigenvalue weighted by atomic mass is 16.4. The second-order valence-electron chi connectivity index (χ2n) is 6.01. The molecule has 0 saturated carbocycles. The second kappa shape index (κ2) is 6.04. The Hall–Kier alpha value is -3.60. The number of carboxylic acid groups (broad SMARTS) is 1. The number of furan rings is 1. The molecule has 26 heavy (non-hydrogen) atoms. The Balaban J connectivity index is 1.68. The van der Waals surface area contributed by atoms with Crippen LogP contribution in [0.3, 0.4) is 0 Å². The van der Waals surface area contributed by atoms with Crippen LogP contribution in [0.1, 0.15) is 21.7 Å². The number of amides is 1. The number of hydrogen-bond acceptors (Lipinski definition) is 4. The van der Waals surface area contributed by atoms with Gasteiger partial charge in [-0.2, -0.15) is 0 Å². The molecule has 0 unspecified atom stereocenters. The fraction of sp³-hybridized carbons (Fsp3) is 0.0476. The molecule has 0 bridgehead atoms. The van der Waals surface area contributed by atoms with Gasteiger partial charge in [-0.05, 0) is 29.8 Å². The molecule has 3 aromatic rings. The summed E-state index contributed by atoms with van der Waals surface area (Å²) in [6.45, 7) is 0. The van der Waals surface area contributed by atoms with E-state index in [-0.39, 0.29) is 11.5 Å². The molecule has 1 aliphatic rings. The lowest BCUT2D eigenvalue weighted by atomic mass is 10.1. The molecule has 2 heterocycles. The van der Waals surface area contributed by atoms with Gasteiger partial charge in [-0.15, -0.1) is 0 Å². The molecule has 5 heteroatoms. The fourth-order valence-electron chi connectivity index (χ4n) is 3.04. The maximum absolute atomic E-state index is 12.5. The van der Waals surface area contributed by atoms with E-state index in [1.165, 1.54) is 12.1 Å². The van der Waals surface area contributed by atoms with Gasteiger partial charge in [0.2, 0.25) is 0 Å². The summed E-state index contributed by atoms with van der Waals surface area (Å²) in [6, 6.07) is 17.4. The van der Waals surface area contributed by atoms with Crippen molar-refractivity contribution in [3.8, 4) is 11.3 Å². The Bertz CT molecular complexity index is 1040. The first kappa shape index (κ1) is 15.9. The van der Waals surface area contributed by atoms with Crippen molar-refractivity contribution in [1.82, 2.24) is 0 Å². The summed E-state index contributed by atoms with van der Waals surface area (Å²) in [5, 5.41) is 10.8. The summed E-state index contributed by atoms with van der Waals surface area (Å²) in [5.41, 5.74) is 3.18. The lowest BCUT2D eigenvalue weighted by Crippen LogP contribution is -2.21. The molecule has 0 aliphatic carbocycles. The van der Waals surface area contributed by atoms with Crippen LogP contribution in [0, 0.1) is 0 Å². The van der Waals surface area contributed by atoms with E-state index < -0.39 is 5.97 Å². The van der Waals surface area contributed by atoms with Crippen molar-refractivity contribution in [3.63, 3.8) is 0 Å². The highest BCUT2D eigenvalue weighted by Gasteiger charge is 2.29. The van der Waals surface area contributed by atoms with Crippen LogP contribution in [-0.2, 0) is 4.79 Å². The van der Waals surface area contributed by atoms with E-state index >= 15 is 0 Å². The SMILES string of the molecule is CN1C(=O)C(=Cc2ccc(-c3ccc(C(=O)[O-])cc3)o2)c2ccccc21. The summed E-state index contributed by atoms with van der Waals surface area (Å²) < 4.78 is 5.82. The largest absolute Gasteiger partial charge is 0.545 e. The highest BCUT2D eigenvalue weighted by Crippen LogP contribution is 2.37. The molecule has 1 aromatic heterocycles. The zero-order valence-corrected chi connectivity index (χ0v) is 13.9. The van der Waals surface area contributed by atoms with E-state index in [1.54, 1.807) is 42.3 Å². The van der Waals surface area contributed by atoms with Gasteiger partial charge in [0.15, 0.2) is 0 Å². The molecule has 1 amide bonds.